The Morgan fingerprint density at radius 3 is 2.82 bits per heavy atom. The normalized spacial score (nSPS) is 22.9. The van der Waals surface area contributed by atoms with Crippen LogP contribution in [0.1, 0.15) is 36.9 Å². The van der Waals surface area contributed by atoms with Gasteiger partial charge in [-0.3, -0.25) is 4.90 Å². The minimum absolute atomic E-state index is 0.132. The fourth-order valence-electron chi connectivity index (χ4n) is 2.70. The number of aryl methyl sites for hydroxylation is 1. The zero-order chi connectivity index (χ0) is 12.4. The predicted octanol–water partition coefficient (Wildman–Crippen LogP) is 2.62. The molecular formula is C14H21FN2. The first-order chi connectivity index (χ1) is 8.13. The van der Waals surface area contributed by atoms with Crippen LogP contribution in [0.15, 0.2) is 18.2 Å². The highest BCUT2D eigenvalue weighted by Crippen LogP contribution is 2.29. The van der Waals surface area contributed by atoms with Crippen molar-refractivity contribution >= 4 is 0 Å². The fourth-order valence-corrected chi connectivity index (χ4v) is 2.70. The SMILES string of the molecule is Cc1ccc(C(CN)N2CCCC2C)cc1F. The first-order valence-corrected chi connectivity index (χ1v) is 6.35. The molecule has 0 bridgehead atoms. The molecule has 0 spiro atoms. The van der Waals surface area contributed by atoms with Crippen molar-refractivity contribution in [2.45, 2.75) is 38.8 Å². The topological polar surface area (TPSA) is 29.3 Å². The van der Waals surface area contributed by atoms with Crippen molar-refractivity contribution in [3.63, 3.8) is 0 Å². The van der Waals surface area contributed by atoms with Crippen LogP contribution < -0.4 is 5.73 Å². The van der Waals surface area contributed by atoms with Crippen molar-refractivity contribution in [2.75, 3.05) is 13.1 Å². The van der Waals surface area contributed by atoms with E-state index in [1.807, 2.05) is 12.1 Å². The number of nitrogens with zero attached hydrogens (tertiary/aromatic N) is 1. The second-order valence-electron chi connectivity index (χ2n) is 4.99. The minimum atomic E-state index is -0.132. The highest BCUT2D eigenvalue weighted by atomic mass is 19.1. The molecule has 2 rings (SSSR count). The Morgan fingerprint density at radius 1 is 1.53 bits per heavy atom. The van der Waals surface area contributed by atoms with Crippen LogP contribution in [-0.4, -0.2) is 24.0 Å². The summed E-state index contributed by atoms with van der Waals surface area (Å²) >= 11 is 0. The van der Waals surface area contributed by atoms with Crippen LogP contribution in [-0.2, 0) is 0 Å². The Hall–Kier alpha value is -0.930. The number of hydrogen-bond acceptors (Lipinski definition) is 2. The number of halogens is 1. The van der Waals surface area contributed by atoms with E-state index >= 15 is 0 Å². The van der Waals surface area contributed by atoms with Gasteiger partial charge in [0.05, 0.1) is 0 Å². The number of hydrogen-bond donors (Lipinski definition) is 1. The first-order valence-electron chi connectivity index (χ1n) is 6.35. The Kier molecular flexibility index (Phi) is 3.79. The average Bonchev–Trinajstić information content (AvgIpc) is 2.71. The summed E-state index contributed by atoms with van der Waals surface area (Å²) in [6.45, 7) is 5.63. The van der Waals surface area contributed by atoms with E-state index in [0.29, 0.717) is 18.2 Å². The Labute approximate surface area is 103 Å². The van der Waals surface area contributed by atoms with E-state index in [4.69, 9.17) is 5.73 Å². The maximum atomic E-state index is 13.6. The van der Waals surface area contributed by atoms with Crippen molar-refractivity contribution in [2.24, 2.45) is 5.73 Å². The van der Waals surface area contributed by atoms with E-state index in [9.17, 15) is 4.39 Å². The average molecular weight is 236 g/mol. The quantitative estimate of drug-likeness (QED) is 0.874. The van der Waals surface area contributed by atoms with E-state index < -0.39 is 0 Å². The fraction of sp³-hybridized carbons (Fsp3) is 0.571. The summed E-state index contributed by atoms with van der Waals surface area (Å²) in [6, 6.07) is 6.18. The molecule has 94 valence electrons. The standard InChI is InChI=1S/C14H21FN2/c1-10-5-6-12(8-13(10)15)14(9-16)17-7-3-4-11(17)2/h5-6,8,11,14H,3-4,7,9,16H2,1-2H3. The van der Waals surface area contributed by atoms with Crippen LogP contribution >= 0.6 is 0 Å². The Morgan fingerprint density at radius 2 is 2.29 bits per heavy atom. The second kappa shape index (κ2) is 5.15. The predicted molar refractivity (Wildman–Crippen MR) is 68.3 cm³/mol. The molecule has 1 aliphatic rings. The van der Waals surface area contributed by atoms with E-state index in [0.717, 1.165) is 12.1 Å². The third-order valence-corrected chi connectivity index (χ3v) is 3.81. The minimum Gasteiger partial charge on any atom is -0.329 e. The molecule has 1 saturated heterocycles. The van der Waals surface area contributed by atoms with Gasteiger partial charge in [-0.05, 0) is 50.4 Å². The van der Waals surface area contributed by atoms with E-state index in [1.165, 1.54) is 12.8 Å². The molecule has 1 aromatic rings. The van der Waals surface area contributed by atoms with Gasteiger partial charge >= 0.3 is 0 Å². The molecular weight excluding hydrogens is 215 g/mol. The molecule has 1 aromatic carbocycles. The van der Waals surface area contributed by atoms with E-state index in [1.54, 1.807) is 13.0 Å². The van der Waals surface area contributed by atoms with E-state index in [2.05, 4.69) is 11.8 Å². The van der Waals surface area contributed by atoms with E-state index in [-0.39, 0.29) is 11.9 Å². The summed E-state index contributed by atoms with van der Waals surface area (Å²) in [7, 11) is 0. The van der Waals surface area contributed by atoms with Gasteiger partial charge in [0, 0.05) is 18.6 Å². The van der Waals surface area contributed by atoms with Crippen molar-refractivity contribution in [3.8, 4) is 0 Å². The van der Waals surface area contributed by atoms with Gasteiger partial charge in [0.1, 0.15) is 5.82 Å². The molecule has 2 unspecified atom stereocenters. The third-order valence-electron chi connectivity index (χ3n) is 3.81. The summed E-state index contributed by atoms with van der Waals surface area (Å²) in [6.07, 6.45) is 2.43. The van der Waals surface area contributed by atoms with Gasteiger partial charge in [-0.1, -0.05) is 12.1 Å². The Bertz CT molecular complexity index is 392. The zero-order valence-electron chi connectivity index (χ0n) is 10.6. The zero-order valence-corrected chi connectivity index (χ0v) is 10.6. The molecule has 2 atom stereocenters. The molecule has 0 radical (unpaired) electrons. The lowest BCUT2D eigenvalue weighted by atomic mass is 10.0. The number of nitrogens with two attached hydrogens (primary N) is 1. The molecule has 0 aliphatic carbocycles. The summed E-state index contributed by atoms with van der Waals surface area (Å²) in [5.41, 5.74) is 7.57. The van der Waals surface area contributed by atoms with Crippen molar-refractivity contribution in [3.05, 3.63) is 35.1 Å². The monoisotopic (exact) mass is 236 g/mol. The number of rotatable bonds is 3. The van der Waals surface area contributed by atoms with Crippen molar-refractivity contribution in [1.82, 2.24) is 4.90 Å². The lowest BCUT2D eigenvalue weighted by Gasteiger charge is -2.31. The number of likely N-dealkylation sites (tertiary alicyclic amines) is 1. The molecule has 0 saturated carbocycles. The molecule has 2 nitrogen and oxygen atoms in total. The largest absolute Gasteiger partial charge is 0.329 e. The van der Waals surface area contributed by atoms with Crippen LogP contribution in [0.25, 0.3) is 0 Å². The molecule has 0 aromatic heterocycles. The summed E-state index contributed by atoms with van der Waals surface area (Å²) in [4.78, 5) is 2.39. The molecule has 1 aliphatic heterocycles. The molecule has 17 heavy (non-hydrogen) atoms. The molecule has 3 heteroatoms. The van der Waals surface area contributed by atoms with Gasteiger partial charge in [0.2, 0.25) is 0 Å². The summed E-state index contributed by atoms with van der Waals surface area (Å²) < 4.78 is 13.6. The van der Waals surface area contributed by atoms with Crippen LogP contribution in [0.4, 0.5) is 4.39 Å². The van der Waals surface area contributed by atoms with Crippen LogP contribution in [0.5, 0.6) is 0 Å². The summed E-state index contributed by atoms with van der Waals surface area (Å²) in [5.74, 6) is -0.132. The Balaban J connectivity index is 2.25. The first kappa shape index (κ1) is 12.5. The van der Waals surface area contributed by atoms with Gasteiger partial charge in [0.25, 0.3) is 0 Å². The van der Waals surface area contributed by atoms with Crippen LogP contribution in [0, 0.1) is 12.7 Å². The van der Waals surface area contributed by atoms with Crippen LogP contribution in [0.3, 0.4) is 0 Å². The van der Waals surface area contributed by atoms with Gasteiger partial charge in [-0.15, -0.1) is 0 Å². The lowest BCUT2D eigenvalue weighted by molar-refractivity contribution is 0.195. The molecule has 2 N–H and O–H groups in total. The lowest BCUT2D eigenvalue weighted by Crippen LogP contribution is -2.36. The smallest absolute Gasteiger partial charge is 0.126 e. The van der Waals surface area contributed by atoms with Crippen molar-refractivity contribution in [1.29, 1.82) is 0 Å². The van der Waals surface area contributed by atoms with Gasteiger partial charge in [0.15, 0.2) is 0 Å². The maximum Gasteiger partial charge on any atom is 0.126 e. The highest BCUT2D eigenvalue weighted by molar-refractivity contribution is 5.26. The highest BCUT2D eigenvalue weighted by Gasteiger charge is 2.28. The molecule has 1 fully saturated rings. The number of benzene rings is 1. The second-order valence-corrected chi connectivity index (χ2v) is 4.99. The van der Waals surface area contributed by atoms with Gasteiger partial charge in [-0.2, -0.15) is 0 Å². The van der Waals surface area contributed by atoms with Gasteiger partial charge in [-0.25, -0.2) is 4.39 Å². The molecule has 1 heterocycles. The van der Waals surface area contributed by atoms with Crippen LogP contribution in [0.2, 0.25) is 0 Å². The molecule has 0 amide bonds. The maximum absolute atomic E-state index is 13.6. The third kappa shape index (κ3) is 2.50. The summed E-state index contributed by atoms with van der Waals surface area (Å²) in [5, 5.41) is 0. The van der Waals surface area contributed by atoms with Crippen molar-refractivity contribution < 1.29 is 4.39 Å². The van der Waals surface area contributed by atoms with Gasteiger partial charge < -0.3 is 5.73 Å².